The maximum Gasteiger partial charge on any atom is 0.308 e. The number of morpholine rings is 1. The first kappa shape index (κ1) is 17.5. The van der Waals surface area contributed by atoms with Crippen molar-refractivity contribution in [1.82, 2.24) is 9.88 Å². The van der Waals surface area contributed by atoms with Crippen LogP contribution in [0.15, 0.2) is 42.7 Å². The zero-order valence-electron chi connectivity index (χ0n) is 14.2. The van der Waals surface area contributed by atoms with Crippen LogP contribution in [0.3, 0.4) is 0 Å². The Morgan fingerprint density at radius 2 is 2.12 bits per heavy atom. The van der Waals surface area contributed by atoms with Crippen molar-refractivity contribution in [3.05, 3.63) is 54.1 Å². The number of hydrogen-bond acceptors (Lipinski definition) is 5. The number of pyridine rings is 1. The van der Waals surface area contributed by atoms with E-state index in [4.69, 9.17) is 4.74 Å². The third-order valence-corrected chi connectivity index (χ3v) is 4.31. The highest BCUT2D eigenvalue weighted by molar-refractivity contribution is 5.69. The van der Waals surface area contributed by atoms with Gasteiger partial charge in [-0.15, -0.1) is 0 Å². The fourth-order valence-electron chi connectivity index (χ4n) is 2.96. The van der Waals surface area contributed by atoms with Gasteiger partial charge < -0.3 is 9.47 Å². The van der Waals surface area contributed by atoms with Crippen molar-refractivity contribution in [2.45, 2.75) is 19.1 Å². The van der Waals surface area contributed by atoms with Gasteiger partial charge in [-0.05, 0) is 29.3 Å². The molecule has 1 aliphatic rings. The van der Waals surface area contributed by atoms with Crippen LogP contribution in [0.25, 0.3) is 11.1 Å². The van der Waals surface area contributed by atoms with Gasteiger partial charge >= 0.3 is 5.97 Å². The topological polar surface area (TPSA) is 51.7 Å². The van der Waals surface area contributed by atoms with Crippen LogP contribution in [-0.2, 0) is 20.8 Å². The van der Waals surface area contributed by atoms with Gasteiger partial charge in [0.25, 0.3) is 0 Å². The fourth-order valence-corrected chi connectivity index (χ4v) is 2.96. The van der Waals surface area contributed by atoms with Crippen molar-refractivity contribution in [2.75, 3.05) is 26.8 Å². The lowest BCUT2D eigenvalue weighted by Crippen LogP contribution is -2.43. The summed E-state index contributed by atoms with van der Waals surface area (Å²) in [6.45, 7) is 2.31. The zero-order valence-corrected chi connectivity index (χ0v) is 14.2. The number of aromatic nitrogens is 1. The van der Waals surface area contributed by atoms with E-state index in [0.717, 1.165) is 11.1 Å². The monoisotopic (exact) mass is 344 g/mol. The van der Waals surface area contributed by atoms with Crippen molar-refractivity contribution < 1.29 is 18.7 Å². The summed E-state index contributed by atoms with van der Waals surface area (Å²) in [6, 6.07) is 8.99. The van der Waals surface area contributed by atoms with E-state index in [9.17, 15) is 9.18 Å². The first-order valence-corrected chi connectivity index (χ1v) is 8.25. The van der Waals surface area contributed by atoms with Crippen molar-refractivity contribution in [3.8, 4) is 11.1 Å². The Morgan fingerprint density at radius 1 is 1.32 bits per heavy atom. The standard InChI is InChI=1S/C19H21FN2O3/c1-24-19(23)11-17-13-22(8-9-25-17)12-16-3-2-15(10-18(16)20)14-4-6-21-7-5-14/h2-7,10,17H,8-9,11-13H2,1H3. The molecule has 3 rings (SSSR count). The molecule has 1 aromatic heterocycles. The van der Waals surface area contributed by atoms with Gasteiger partial charge in [0.15, 0.2) is 0 Å². The van der Waals surface area contributed by atoms with E-state index in [1.807, 2.05) is 24.3 Å². The number of methoxy groups -OCH3 is 1. The summed E-state index contributed by atoms with van der Waals surface area (Å²) in [5.74, 6) is -0.523. The summed E-state index contributed by atoms with van der Waals surface area (Å²) in [5.41, 5.74) is 2.40. The molecule has 0 amide bonds. The van der Waals surface area contributed by atoms with E-state index in [1.165, 1.54) is 7.11 Å². The number of esters is 1. The van der Waals surface area contributed by atoms with E-state index in [0.29, 0.717) is 31.8 Å². The molecule has 6 heteroatoms. The predicted octanol–water partition coefficient (Wildman–Crippen LogP) is 2.65. The minimum atomic E-state index is -0.292. The summed E-state index contributed by atoms with van der Waals surface area (Å²) in [5, 5.41) is 0. The van der Waals surface area contributed by atoms with E-state index in [2.05, 4.69) is 14.6 Å². The van der Waals surface area contributed by atoms with Crippen LogP contribution in [0.2, 0.25) is 0 Å². The Balaban J connectivity index is 1.65. The lowest BCUT2D eigenvalue weighted by atomic mass is 10.0. The molecule has 1 unspecified atom stereocenters. The summed E-state index contributed by atoms with van der Waals surface area (Å²) >= 11 is 0. The highest BCUT2D eigenvalue weighted by Gasteiger charge is 2.24. The molecule has 0 bridgehead atoms. The lowest BCUT2D eigenvalue weighted by Gasteiger charge is -2.32. The third-order valence-electron chi connectivity index (χ3n) is 4.31. The Labute approximate surface area is 146 Å². The highest BCUT2D eigenvalue weighted by Crippen LogP contribution is 2.22. The Morgan fingerprint density at radius 3 is 2.84 bits per heavy atom. The molecular weight excluding hydrogens is 323 g/mol. The van der Waals surface area contributed by atoms with Gasteiger partial charge in [0, 0.05) is 37.6 Å². The molecule has 0 saturated carbocycles. The molecule has 25 heavy (non-hydrogen) atoms. The van der Waals surface area contributed by atoms with Crippen LogP contribution < -0.4 is 0 Å². The number of halogens is 1. The third kappa shape index (κ3) is 4.61. The second kappa shape index (κ2) is 8.18. The summed E-state index contributed by atoms with van der Waals surface area (Å²) in [7, 11) is 1.36. The minimum absolute atomic E-state index is 0.208. The number of carbonyl (C=O) groups excluding carboxylic acids is 1. The van der Waals surface area contributed by atoms with Gasteiger partial charge in [-0.2, -0.15) is 0 Å². The van der Waals surface area contributed by atoms with Crippen LogP contribution in [0, 0.1) is 5.82 Å². The summed E-state index contributed by atoms with van der Waals surface area (Å²) < 4.78 is 24.8. The molecule has 0 aliphatic carbocycles. The normalized spacial score (nSPS) is 18.1. The molecule has 132 valence electrons. The molecule has 0 spiro atoms. The quantitative estimate of drug-likeness (QED) is 0.781. The molecule has 1 aliphatic heterocycles. The van der Waals surface area contributed by atoms with Crippen molar-refractivity contribution in [2.24, 2.45) is 0 Å². The van der Waals surface area contributed by atoms with Crippen molar-refractivity contribution >= 4 is 5.97 Å². The number of hydrogen-bond donors (Lipinski definition) is 0. The van der Waals surface area contributed by atoms with Gasteiger partial charge in [0.1, 0.15) is 5.82 Å². The predicted molar refractivity (Wildman–Crippen MR) is 91.3 cm³/mol. The molecule has 2 aromatic rings. The smallest absolute Gasteiger partial charge is 0.308 e. The Hall–Kier alpha value is -2.31. The summed E-state index contributed by atoms with van der Waals surface area (Å²) in [6.07, 6.45) is 3.39. The lowest BCUT2D eigenvalue weighted by molar-refractivity contribution is -0.145. The van der Waals surface area contributed by atoms with Gasteiger partial charge in [-0.25, -0.2) is 4.39 Å². The zero-order chi connectivity index (χ0) is 17.6. The largest absolute Gasteiger partial charge is 0.469 e. The van der Waals surface area contributed by atoms with Crippen LogP contribution in [0.5, 0.6) is 0 Å². The van der Waals surface area contributed by atoms with E-state index >= 15 is 0 Å². The molecular formula is C19H21FN2O3. The van der Waals surface area contributed by atoms with Crippen LogP contribution >= 0.6 is 0 Å². The van der Waals surface area contributed by atoms with Crippen LogP contribution in [0.4, 0.5) is 4.39 Å². The van der Waals surface area contributed by atoms with Crippen LogP contribution in [0.1, 0.15) is 12.0 Å². The Bertz CT molecular complexity index is 724. The maximum absolute atomic E-state index is 14.5. The second-order valence-electron chi connectivity index (χ2n) is 6.05. The molecule has 1 fully saturated rings. The fraction of sp³-hybridized carbons (Fsp3) is 0.368. The first-order chi connectivity index (χ1) is 12.2. The average Bonchev–Trinajstić information content (AvgIpc) is 2.64. The average molecular weight is 344 g/mol. The van der Waals surface area contributed by atoms with E-state index in [1.54, 1.807) is 18.5 Å². The highest BCUT2D eigenvalue weighted by atomic mass is 19.1. The Kier molecular flexibility index (Phi) is 5.73. The number of benzene rings is 1. The van der Waals surface area contributed by atoms with Crippen LogP contribution in [-0.4, -0.2) is 48.8 Å². The molecule has 0 radical (unpaired) electrons. The van der Waals surface area contributed by atoms with Gasteiger partial charge in [-0.1, -0.05) is 12.1 Å². The van der Waals surface area contributed by atoms with E-state index < -0.39 is 0 Å². The molecule has 1 aromatic carbocycles. The summed E-state index contributed by atoms with van der Waals surface area (Å²) in [4.78, 5) is 17.5. The second-order valence-corrected chi connectivity index (χ2v) is 6.05. The van der Waals surface area contributed by atoms with Crippen molar-refractivity contribution in [1.29, 1.82) is 0 Å². The minimum Gasteiger partial charge on any atom is -0.469 e. The first-order valence-electron chi connectivity index (χ1n) is 8.25. The van der Waals surface area contributed by atoms with Gasteiger partial charge in [0.2, 0.25) is 0 Å². The number of nitrogens with zero attached hydrogens (tertiary/aromatic N) is 2. The number of carbonyl (C=O) groups is 1. The van der Waals surface area contributed by atoms with E-state index in [-0.39, 0.29) is 24.3 Å². The maximum atomic E-state index is 14.5. The van der Waals surface area contributed by atoms with Gasteiger partial charge in [0.05, 0.1) is 26.2 Å². The molecule has 5 nitrogen and oxygen atoms in total. The molecule has 2 heterocycles. The molecule has 0 N–H and O–H groups in total. The SMILES string of the molecule is COC(=O)CC1CN(Cc2ccc(-c3ccncc3)cc2F)CCO1. The van der Waals surface area contributed by atoms with Gasteiger partial charge in [-0.3, -0.25) is 14.7 Å². The molecule has 1 atom stereocenters. The molecule has 1 saturated heterocycles. The number of ether oxygens (including phenoxy) is 2. The number of rotatable bonds is 5. The van der Waals surface area contributed by atoms with Crippen molar-refractivity contribution in [3.63, 3.8) is 0 Å².